The third-order valence-corrected chi connectivity index (χ3v) is 2.70. The summed E-state index contributed by atoms with van der Waals surface area (Å²) in [6.45, 7) is 1.99. The van der Waals surface area contributed by atoms with Crippen LogP contribution in [0.2, 0.25) is 0 Å². The Morgan fingerprint density at radius 1 is 1.21 bits per heavy atom. The topological polar surface area (TPSA) is 68.2 Å². The SMILES string of the molecule is COCOC[C@](C)(O)[C@@H](O)COCc1ccccc1. The van der Waals surface area contributed by atoms with Crippen LogP contribution in [0.3, 0.4) is 0 Å². The molecule has 1 rings (SSSR count). The van der Waals surface area contributed by atoms with Crippen molar-refractivity contribution < 1.29 is 24.4 Å². The molecule has 0 aliphatic carbocycles. The van der Waals surface area contributed by atoms with Crippen LogP contribution in [0.1, 0.15) is 12.5 Å². The van der Waals surface area contributed by atoms with E-state index in [2.05, 4.69) is 0 Å². The number of hydrogen-bond acceptors (Lipinski definition) is 5. The van der Waals surface area contributed by atoms with Crippen LogP contribution in [-0.2, 0) is 20.8 Å². The fourth-order valence-corrected chi connectivity index (χ4v) is 1.47. The Morgan fingerprint density at radius 3 is 2.53 bits per heavy atom. The first-order valence-corrected chi connectivity index (χ1v) is 6.15. The summed E-state index contributed by atoms with van der Waals surface area (Å²) in [5.41, 5.74) is -0.347. The molecule has 2 atom stereocenters. The molecule has 0 saturated heterocycles. The standard InChI is InChI=1S/C14H22O5/c1-14(16,10-19-11-17-2)13(15)9-18-8-12-6-4-3-5-7-12/h3-7,13,15-16H,8-11H2,1-2H3/t13-,14-/m0/s1. The molecule has 19 heavy (non-hydrogen) atoms. The lowest BCUT2D eigenvalue weighted by Crippen LogP contribution is -2.46. The van der Waals surface area contributed by atoms with Crippen molar-refractivity contribution in [1.29, 1.82) is 0 Å². The van der Waals surface area contributed by atoms with Crippen LogP contribution in [0.5, 0.6) is 0 Å². The summed E-state index contributed by atoms with van der Waals surface area (Å²) < 4.78 is 15.1. The maximum Gasteiger partial charge on any atom is 0.146 e. The Kier molecular flexibility index (Phi) is 6.97. The fourth-order valence-electron chi connectivity index (χ4n) is 1.47. The van der Waals surface area contributed by atoms with E-state index in [-0.39, 0.29) is 20.0 Å². The predicted octanol–water partition coefficient (Wildman–Crippen LogP) is 0.936. The molecule has 0 spiro atoms. The van der Waals surface area contributed by atoms with E-state index in [0.717, 1.165) is 5.56 Å². The van der Waals surface area contributed by atoms with Crippen LogP contribution in [0.15, 0.2) is 30.3 Å². The second-order valence-corrected chi connectivity index (χ2v) is 4.63. The summed E-state index contributed by atoms with van der Waals surface area (Å²) in [5.74, 6) is 0. The Bertz CT molecular complexity index is 339. The largest absolute Gasteiger partial charge is 0.388 e. The first kappa shape index (κ1) is 16.1. The maximum atomic E-state index is 10.00. The second kappa shape index (κ2) is 8.24. The zero-order chi connectivity index (χ0) is 14.1. The second-order valence-electron chi connectivity index (χ2n) is 4.63. The molecule has 0 fully saturated rings. The van der Waals surface area contributed by atoms with E-state index in [4.69, 9.17) is 14.2 Å². The molecule has 2 N–H and O–H groups in total. The van der Waals surface area contributed by atoms with Gasteiger partial charge in [-0.2, -0.15) is 0 Å². The number of aliphatic hydroxyl groups excluding tert-OH is 1. The van der Waals surface area contributed by atoms with Gasteiger partial charge >= 0.3 is 0 Å². The molecule has 0 heterocycles. The van der Waals surface area contributed by atoms with E-state index in [1.165, 1.54) is 14.0 Å². The number of methoxy groups -OCH3 is 1. The molecule has 0 aliphatic heterocycles. The van der Waals surface area contributed by atoms with Crippen molar-refractivity contribution in [2.75, 3.05) is 27.1 Å². The van der Waals surface area contributed by atoms with Gasteiger partial charge in [0.05, 0.1) is 19.8 Å². The van der Waals surface area contributed by atoms with E-state index < -0.39 is 11.7 Å². The van der Waals surface area contributed by atoms with Crippen LogP contribution in [0.4, 0.5) is 0 Å². The van der Waals surface area contributed by atoms with Gasteiger partial charge in [-0.05, 0) is 12.5 Å². The molecule has 0 bridgehead atoms. The quantitative estimate of drug-likeness (QED) is 0.516. The van der Waals surface area contributed by atoms with Crippen molar-refractivity contribution in [3.8, 4) is 0 Å². The average Bonchev–Trinajstić information content (AvgIpc) is 2.40. The molecule has 0 aromatic heterocycles. The van der Waals surface area contributed by atoms with Gasteiger partial charge in [-0.15, -0.1) is 0 Å². The number of benzene rings is 1. The molecule has 108 valence electrons. The van der Waals surface area contributed by atoms with Gasteiger partial charge in [0.1, 0.15) is 18.5 Å². The molecule has 0 saturated carbocycles. The van der Waals surface area contributed by atoms with Crippen LogP contribution >= 0.6 is 0 Å². The van der Waals surface area contributed by atoms with Crippen molar-refractivity contribution in [3.63, 3.8) is 0 Å². The minimum atomic E-state index is -1.37. The average molecular weight is 270 g/mol. The smallest absolute Gasteiger partial charge is 0.146 e. The highest BCUT2D eigenvalue weighted by molar-refractivity contribution is 5.13. The first-order chi connectivity index (χ1) is 9.06. The van der Waals surface area contributed by atoms with Crippen LogP contribution in [0.25, 0.3) is 0 Å². The van der Waals surface area contributed by atoms with Crippen LogP contribution < -0.4 is 0 Å². The molecule has 0 unspecified atom stereocenters. The van der Waals surface area contributed by atoms with E-state index in [1.54, 1.807) is 0 Å². The number of hydrogen-bond donors (Lipinski definition) is 2. The van der Waals surface area contributed by atoms with Crippen LogP contribution in [0, 0.1) is 0 Å². The van der Waals surface area contributed by atoms with Crippen molar-refractivity contribution in [3.05, 3.63) is 35.9 Å². The summed E-state index contributed by atoms with van der Waals surface area (Å²) in [5, 5.41) is 19.9. The van der Waals surface area contributed by atoms with Gasteiger partial charge in [-0.25, -0.2) is 0 Å². The van der Waals surface area contributed by atoms with E-state index in [9.17, 15) is 10.2 Å². The normalized spacial score (nSPS) is 16.0. The monoisotopic (exact) mass is 270 g/mol. The highest BCUT2D eigenvalue weighted by Gasteiger charge is 2.30. The number of ether oxygens (including phenoxy) is 3. The summed E-state index contributed by atoms with van der Waals surface area (Å²) in [4.78, 5) is 0. The van der Waals surface area contributed by atoms with Gasteiger partial charge in [-0.3, -0.25) is 0 Å². The Hall–Kier alpha value is -0.980. The van der Waals surface area contributed by atoms with E-state index in [1.807, 2.05) is 30.3 Å². The molecular weight excluding hydrogens is 248 g/mol. The highest BCUT2D eigenvalue weighted by Crippen LogP contribution is 2.12. The molecule has 0 aliphatic rings. The zero-order valence-corrected chi connectivity index (χ0v) is 11.4. The van der Waals surface area contributed by atoms with Gasteiger partial charge in [0.15, 0.2) is 0 Å². The van der Waals surface area contributed by atoms with Crippen LogP contribution in [-0.4, -0.2) is 49.0 Å². The van der Waals surface area contributed by atoms with Crippen molar-refractivity contribution in [1.82, 2.24) is 0 Å². The Labute approximate surface area is 113 Å². The maximum absolute atomic E-state index is 10.00. The van der Waals surface area contributed by atoms with E-state index in [0.29, 0.717) is 6.61 Å². The van der Waals surface area contributed by atoms with Gasteiger partial charge in [0.2, 0.25) is 0 Å². The number of rotatable bonds is 9. The predicted molar refractivity (Wildman–Crippen MR) is 70.6 cm³/mol. The minimum Gasteiger partial charge on any atom is -0.388 e. The molecule has 1 aromatic carbocycles. The Balaban J connectivity index is 2.27. The molecule has 0 amide bonds. The Morgan fingerprint density at radius 2 is 1.89 bits per heavy atom. The third kappa shape index (κ3) is 6.13. The van der Waals surface area contributed by atoms with Gasteiger partial charge in [0.25, 0.3) is 0 Å². The van der Waals surface area contributed by atoms with E-state index >= 15 is 0 Å². The van der Waals surface area contributed by atoms with Crippen molar-refractivity contribution in [2.24, 2.45) is 0 Å². The summed E-state index contributed by atoms with van der Waals surface area (Å²) in [6, 6.07) is 9.64. The lowest BCUT2D eigenvalue weighted by Gasteiger charge is -2.28. The molecule has 0 radical (unpaired) electrons. The fraction of sp³-hybridized carbons (Fsp3) is 0.571. The lowest BCUT2D eigenvalue weighted by molar-refractivity contribution is -0.153. The molecular formula is C14H22O5. The van der Waals surface area contributed by atoms with Crippen molar-refractivity contribution >= 4 is 0 Å². The minimum absolute atomic E-state index is 0.0172. The van der Waals surface area contributed by atoms with Gasteiger partial charge < -0.3 is 24.4 Å². The third-order valence-electron chi connectivity index (χ3n) is 2.70. The molecule has 5 nitrogen and oxygen atoms in total. The summed E-state index contributed by atoms with van der Waals surface area (Å²) in [7, 11) is 1.49. The van der Waals surface area contributed by atoms with Gasteiger partial charge in [0, 0.05) is 7.11 Å². The summed E-state index contributed by atoms with van der Waals surface area (Å²) >= 11 is 0. The highest BCUT2D eigenvalue weighted by atomic mass is 16.7. The first-order valence-electron chi connectivity index (χ1n) is 6.15. The van der Waals surface area contributed by atoms with Crippen molar-refractivity contribution in [2.45, 2.75) is 25.2 Å². The molecule has 1 aromatic rings. The number of aliphatic hydroxyl groups is 2. The lowest BCUT2D eigenvalue weighted by atomic mass is 10.0. The molecule has 5 heteroatoms. The zero-order valence-electron chi connectivity index (χ0n) is 11.4. The summed E-state index contributed by atoms with van der Waals surface area (Å²) in [6.07, 6.45) is -1.02. The van der Waals surface area contributed by atoms with Gasteiger partial charge in [-0.1, -0.05) is 30.3 Å².